The zero-order valence-corrected chi connectivity index (χ0v) is 8.77. The van der Waals surface area contributed by atoms with Gasteiger partial charge in [0, 0.05) is 19.6 Å². The summed E-state index contributed by atoms with van der Waals surface area (Å²) in [5.41, 5.74) is 10.7. The molecule has 0 radical (unpaired) electrons. The smallest absolute Gasteiger partial charge is 0.235 e. The van der Waals surface area contributed by atoms with Gasteiger partial charge in [0.15, 0.2) is 0 Å². The van der Waals surface area contributed by atoms with Gasteiger partial charge >= 0.3 is 0 Å². The van der Waals surface area contributed by atoms with Crippen molar-refractivity contribution < 1.29 is 9.53 Å². The zero-order chi connectivity index (χ0) is 10.7. The number of carbonyl (C=O) groups is 1. The summed E-state index contributed by atoms with van der Waals surface area (Å²) in [5, 5.41) is 0. The molecule has 1 fully saturated rings. The highest BCUT2D eigenvalue weighted by Gasteiger charge is 2.24. The van der Waals surface area contributed by atoms with Crippen LogP contribution in [0, 0.1) is 0 Å². The molecule has 0 aromatic heterocycles. The van der Waals surface area contributed by atoms with E-state index < -0.39 is 11.9 Å². The summed E-state index contributed by atoms with van der Waals surface area (Å²) < 4.78 is 5.56. The zero-order valence-electron chi connectivity index (χ0n) is 8.77. The number of nitrogens with zero attached hydrogens (tertiary/aromatic N) is 1. The van der Waals surface area contributed by atoms with E-state index in [1.807, 2.05) is 13.8 Å². The first-order chi connectivity index (χ1) is 6.49. The number of morpholine rings is 1. The van der Waals surface area contributed by atoms with Crippen LogP contribution in [-0.4, -0.2) is 48.7 Å². The van der Waals surface area contributed by atoms with Gasteiger partial charge in [-0.25, -0.2) is 0 Å². The Labute approximate surface area is 84.4 Å². The molecule has 1 amide bonds. The summed E-state index contributed by atoms with van der Waals surface area (Å²) in [4.78, 5) is 12.9. The second-order valence-corrected chi connectivity index (χ2v) is 3.98. The summed E-state index contributed by atoms with van der Waals surface area (Å²) in [6, 6.07) is -0.576. The van der Waals surface area contributed by atoms with Crippen LogP contribution >= 0.6 is 0 Å². The van der Waals surface area contributed by atoms with E-state index in [1.54, 1.807) is 0 Å². The Kier molecular flexibility index (Phi) is 3.86. The molecule has 14 heavy (non-hydrogen) atoms. The fourth-order valence-corrected chi connectivity index (χ4v) is 1.80. The van der Waals surface area contributed by atoms with E-state index in [4.69, 9.17) is 16.2 Å². The molecule has 0 aromatic rings. The number of amides is 1. The molecule has 1 rings (SSSR count). The number of carbonyl (C=O) groups excluding carboxylic acids is 1. The molecular formula is C9H19N3O2. The van der Waals surface area contributed by atoms with Crippen LogP contribution in [-0.2, 0) is 9.53 Å². The van der Waals surface area contributed by atoms with Gasteiger partial charge in [0.05, 0.1) is 18.2 Å². The summed E-state index contributed by atoms with van der Waals surface area (Å²) in [7, 11) is 0. The van der Waals surface area contributed by atoms with E-state index in [1.165, 1.54) is 0 Å². The van der Waals surface area contributed by atoms with Crippen molar-refractivity contribution in [3.63, 3.8) is 0 Å². The lowest BCUT2D eigenvalue weighted by molar-refractivity contribution is -0.121. The lowest BCUT2D eigenvalue weighted by Gasteiger charge is -2.36. The normalized spacial score (nSPS) is 31.4. The van der Waals surface area contributed by atoms with Crippen molar-refractivity contribution in [2.24, 2.45) is 11.5 Å². The van der Waals surface area contributed by atoms with Crippen LogP contribution in [0.25, 0.3) is 0 Å². The molecule has 3 atom stereocenters. The van der Waals surface area contributed by atoms with E-state index >= 15 is 0 Å². The van der Waals surface area contributed by atoms with E-state index in [9.17, 15) is 4.79 Å². The third-order valence-corrected chi connectivity index (χ3v) is 2.32. The van der Waals surface area contributed by atoms with Crippen LogP contribution in [0.5, 0.6) is 0 Å². The Bertz CT molecular complexity index is 200. The van der Waals surface area contributed by atoms with E-state index in [-0.39, 0.29) is 12.2 Å². The molecule has 5 heteroatoms. The third kappa shape index (κ3) is 3.25. The number of ether oxygens (including phenoxy) is 1. The van der Waals surface area contributed by atoms with Gasteiger partial charge in [0.2, 0.25) is 5.91 Å². The van der Waals surface area contributed by atoms with E-state index in [0.717, 1.165) is 13.1 Å². The maximum absolute atomic E-state index is 10.8. The predicted octanol–water partition coefficient (Wildman–Crippen LogP) is -1.09. The average Bonchev–Trinajstić information content (AvgIpc) is 2.01. The van der Waals surface area contributed by atoms with Crippen molar-refractivity contribution in [1.82, 2.24) is 4.90 Å². The fraction of sp³-hybridized carbons (Fsp3) is 0.889. The lowest BCUT2D eigenvalue weighted by atomic mass is 10.2. The molecule has 1 saturated heterocycles. The number of hydrogen-bond acceptors (Lipinski definition) is 4. The topological polar surface area (TPSA) is 81.6 Å². The summed E-state index contributed by atoms with van der Waals surface area (Å²) in [6.45, 7) is 6.17. The molecule has 4 N–H and O–H groups in total. The highest BCUT2D eigenvalue weighted by Crippen LogP contribution is 2.10. The van der Waals surface area contributed by atoms with Gasteiger partial charge in [-0.2, -0.15) is 0 Å². The first-order valence-corrected chi connectivity index (χ1v) is 4.91. The summed E-state index contributed by atoms with van der Waals surface area (Å²) in [6.07, 6.45) is 0.387. The number of nitrogens with two attached hydrogens (primary N) is 2. The van der Waals surface area contributed by atoms with Gasteiger partial charge in [-0.05, 0) is 13.8 Å². The first kappa shape index (κ1) is 11.4. The van der Waals surface area contributed by atoms with Gasteiger partial charge in [0.1, 0.15) is 0 Å². The van der Waals surface area contributed by atoms with Crippen molar-refractivity contribution in [3.05, 3.63) is 0 Å². The quantitative estimate of drug-likeness (QED) is 0.608. The predicted molar refractivity (Wildman–Crippen MR) is 53.6 cm³/mol. The maximum Gasteiger partial charge on any atom is 0.235 e. The average molecular weight is 201 g/mol. The standard InChI is InChI=1S/C9H19N3O2/c1-6-3-12(4-7(2)14-6)5-8(10)9(11)13/h6-8H,3-5,10H2,1-2H3,(H2,11,13)/t6-,7+,8?. The lowest BCUT2D eigenvalue weighted by Crippen LogP contribution is -2.52. The van der Waals surface area contributed by atoms with Crippen molar-refractivity contribution in [1.29, 1.82) is 0 Å². The molecule has 0 spiro atoms. The first-order valence-electron chi connectivity index (χ1n) is 4.91. The van der Waals surface area contributed by atoms with Crippen LogP contribution in [0.4, 0.5) is 0 Å². The SMILES string of the molecule is C[C@@H]1CN(CC(N)C(N)=O)C[C@H](C)O1. The molecule has 0 aliphatic carbocycles. The largest absolute Gasteiger partial charge is 0.373 e. The van der Waals surface area contributed by atoms with Crippen LogP contribution < -0.4 is 11.5 Å². The minimum Gasteiger partial charge on any atom is -0.373 e. The highest BCUT2D eigenvalue weighted by molar-refractivity contribution is 5.79. The molecule has 1 aliphatic rings. The molecule has 0 aromatic carbocycles. The van der Waals surface area contributed by atoms with Gasteiger partial charge in [-0.1, -0.05) is 0 Å². The van der Waals surface area contributed by atoms with Crippen molar-refractivity contribution in [2.45, 2.75) is 32.1 Å². The Hall–Kier alpha value is -0.650. The van der Waals surface area contributed by atoms with E-state index in [2.05, 4.69) is 4.90 Å². The summed E-state index contributed by atoms with van der Waals surface area (Å²) in [5.74, 6) is -0.447. The van der Waals surface area contributed by atoms with Gasteiger partial charge in [-0.15, -0.1) is 0 Å². The third-order valence-electron chi connectivity index (χ3n) is 2.32. The molecule has 1 heterocycles. The molecule has 0 bridgehead atoms. The summed E-state index contributed by atoms with van der Waals surface area (Å²) >= 11 is 0. The van der Waals surface area contributed by atoms with Crippen LogP contribution in [0.3, 0.4) is 0 Å². The van der Waals surface area contributed by atoms with Crippen molar-refractivity contribution >= 4 is 5.91 Å². The highest BCUT2D eigenvalue weighted by atomic mass is 16.5. The van der Waals surface area contributed by atoms with Gasteiger partial charge < -0.3 is 16.2 Å². The molecule has 5 nitrogen and oxygen atoms in total. The minimum atomic E-state index is -0.576. The Morgan fingerprint density at radius 3 is 2.43 bits per heavy atom. The molecule has 0 saturated carbocycles. The van der Waals surface area contributed by atoms with Crippen molar-refractivity contribution in [3.8, 4) is 0 Å². The minimum absolute atomic E-state index is 0.193. The fourth-order valence-electron chi connectivity index (χ4n) is 1.80. The van der Waals surface area contributed by atoms with Gasteiger partial charge in [0.25, 0.3) is 0 Å². The van der Waals surface area contributed by atoms with Crippen molar-refractivity contribution in [2.75, 3.05) is 19.6 Å². The van der Waals surface area contributed by atoms with Crippen LogP contribution in [0.1, 0.15) is 13.8 Å². The number of hydrogen-bond donors (Lipinski definition) is 2. The van der Waals surface area contributed by atoms with Crippen LogP contribution in [0.2, 0.25) is 0 Å². The number of rotatable bonds is 3. The van der Waals surface area contributed by atoms with Gasteiger partial charge in [-0.3, -0.25) is 9.69 Å². The second-order valence-electron chi connectivity index (χ2n) is 3.98. The molecule has 1 aliphatic heterocycles. The second kappa shape index (κ2) is 4.72. The monoisotopic (exact) mass is 201 g/mol. The Morgan fingerprint density at radius 1 is 1.50 bits per heavy atom. The Balaban J connectivity index is 2.40. The Morgan fingerprint density at radius 2 is 2.00 bits per heavy atom. The van der Waals surface area contributed by atoms with E-state index in [0.29, 0.717) is 6.54 Å². The molecule has 1 unspecified atom stereocenters. The maximum atomic E-state index is 10.8. The van der Waals surface area contributed by atoms with Crippen LogP contribution in [0.15, 0.2) is 0 Å². The molecular weight excluding hydrogens is 182 g/mol. The number of primary amides is 1. The molecule has 82 valence electrons.